The van der Waals surface area contributed by atoms with Crippen LogP contribution in [-0.4, -0.2) is 15.9 Å². The molecule has 0 unspecified atom stereocenters. The Labute approximate surface area is 113 Å². The third-order valence-corrected chi connectivity index (χ3v) is 3.27. The topological polar surface area (TPSA) is 80.9 Å². The second-order valence-corrected chi connectivity index (χ2v) is 5.10. The number of rotatable bonds is 3. The van der Waals surface area contributed by atoms with Crippen molar-refractivity contribution in [3.05, 3.63) is 34.7 Å². The van der Waals surface area contributed by atoms with Crippen LogP contribution in [0.15, 0.2) is 17.6 Å². The first-order valence-electron chi connectivity index (χ1n) is 5.65. The summed E-state index contributed by atoms with van der Waals surface area (Å²) in [5, 5.41) is 4.84. The van der Waals surface area contributed by atoms with Crippen molar-refractivity contribution >= 4 is 28.2 Å². The standard InChI is InChI=1S/C12H13FN4OS/c1-6(2)8-5-19-12(16-8)17-11(18)7-3-4-15-10(14)9(7)13/h3-6H,1-2H3,(H2,14,15)(H,16,17,18). The number of amides is 1. The lowest BCUT2D eigenvalue weighted by Crippen LogP contribution is -2.15. The molecule has 0 aliphatic rings. The first-order valence-corrected chi connectivity index (χ1v) is 6.53. The molecule has 0 aliphatic heterocycles. The van der Waals surface area contributed by atoms with Gasteiger partial charge in [-0.15, -0.1) is 11.3 Å². The average Bonchev–Trinajstić information content (AvgIpc) is 2.81. The third-order valence-electron chi connectivity index (χ3n) is 2.49. The van der Waals surface area contributed by atoms with E-state index in [-0.39, 0.29) is 17.3 Å². The predicted molar refractivity (Wildman–Crippen MR) is 72.8 cm³/mol. The van der Waals surface area contributed by atoms with Gasteiger partial charge in [-0.3, -0.25) is 10.1 Å². The van der Waals surface area contributed by atoms with Crippen molar-refractivity contribution in [3.63, 3.8) is 0 Å². The zero-order valence-electron chi connectivity index (χ0n) is 10.5. The molecule has 1 amide bonds. The van der Waals surface area contributed by atoms with Crippen molar-refractivity contribution in [2.24, 2.45) is 0 Å². The van der Waals surface area contributed by atoms with Gasteiger partial charge in [-0.2, -0.15) is 0 Å². The lowest BCUT2D eigenvalue weighted by molar-refractivity contribution is 0.102. The number of hydrogen-bond donors (Lipinski definition) is 2. The minimum Gasteiger partial charge on any atom is -0.381 e. The third kappa shape index (κ3) is 2.87. The van der Waals surface area contributed by atoms with Gasteiger partial charge in [0.25, 0.3) is 5.91 Å². The molecular weight excluding hydrogens is 267 g/mol. The van der Waals surface area contributed by atoms with Crippen molar-refractivity contribution in [1.29, 1.82) is 0 Å². The number of nitrogen functional groups attached to an aromatic ring is 1. The van der Waals surface area contributed by atoms with Crippen molar-refractivity contribution in [3.8, 4) is 0 Å². The molecule has 3 N–H and O–H groups in total. The number of carbonyl (C=O) groups excluding carboxylic acids is 1. The highest BCUT2D eigenvalue weighted by molar-refractivity contribution is 7.14. The van der Waals surface area contributed by atoms with Gasteiger partial charge < -0.3 is 5.73 Å². The summed E-state index contributed by atoms with van der Waals surface area (Å²) in [6.45, 7) is 4.01. The Bertz CT molecular complexity index is 612. The van der Waals surface area contributed by atoms with E-state index in [0.717, 1.165) is 5.69 Å². The monoisotopic (exact) mass is 280 g/mol. The van der Waals surface area contributed by atoms with E-state index in [9.17, 15) is 9.18 Å². The summed E-state index contributed by atoms with van der Waals surface area (Å²) in [7, 11) is 0. The molecule has 0 saturated carbocycles. The number of nitrogens with two attached hydrogens (primary N) is 1. The fraction of sp³-hybridized carbons (Fsp3) is 0.250. The van der Waals surface area contributed by atoms with Crippen LogP contribution < -0.4 is 11.1 Å². The van der Waals surface area contributed by atoms with Gasteiger partial charge in [-0.1, -0.05) is 13.8 Å². The fourth-order valence-corrected chi connectivity index (χ4v) is 2.28. The molecule has 2 aromatic rings. The van der Waals surface area contributed by atoms with Crippen molar-refractivity contribution in [2.75, 3.05) is 11.1 Å². The molecule has 0 aliphatic carbocycles. The van der Waals surface area contributed by atoms with E-state index in [0.29, 0.717) is 5.13 Å². The molecule has 0 atom stereocenters. The van der Waals surface area contributed by atoms with Crippen LogP contribution in [0.3, 0.4) is 0 Å². The summed E-state index contributed by atoms with van der Waals surface area (Å²) < 4.78 is 13.6. The molecule has 0 aromatic carbocycles. The first kappa shape index (κ1) is 13.4. The number of aromatic nitrogens is 2. The van der Waals surface area contributed by atoms with E-state index in [1.165, 1.54) is 23.6 Å². The van der Waals surface area contributed by atoms with Crippen LogP contribution in [0, 0.1) is 5.82 Å². The van der Waals surface area contributed by atoms with Gasteiger partial charge >= 0.3 is 0 Å². The van der Waals surface area contributed by atoms with Gasteiger partial charge in [-0.25, -0.2) is 14.4 Å². The van der Waals surface area contributed by atoms with Crippen molar-refractivity contribution < 1.29 is 9.18 Å². The number of nitrogens with zero attached hydrogens (tertiary/aromatic N) is 2. The number of pyridine rings is 1. The zero-order valence-corrected chi connectivity index (χ0v) is 11.3. The molecule has 2 aromatic heterocycles. The van der Waals surface area contributed by atoms with Crippen LogP contribution >= 0.6 is 11.3 Å². The largest absolute Gasteiger partial charge is 0.381 e. The molecule has 7 heteroatoms. The molecule has 2 rings (SSSR count). The summed E-state index contributed by atoms with van der Waals surface area (Å²) in [4.78, 5) is 19.7. The Balaban J connectivity index is 2.18. The Morgan fingerprint density at radius 3 is 2.89 bits per heavy atom. The molecule has 100 valence electrons. The van der Waals surface area contributed by atoms with Gasteiger partial charge in [0.1, 0.15) is 0 Å². The second-order valence-electron chi connectivity index (χ2n) is 4.24. The zero-order chi connectivity index (χ0) is 14.0. The predicted octanol–water partition coefficient (Wildman–Crippen LogP) is 2.64. The van der Waals surface area contributed by atoms with E-state index in [1.54, 1.807) is 0 Å². The molecule has 0 fully saturated rings. The van der Waals surface area contributed by atoms with E-state index in [4.69, 9.17) is 5.73 Å². The summed E-state index contributed by atoms with van der Waals surface area (Å²) in [5.41, 5.74) is 6.06. The lowest BCUT2D eigenvalue weighted by Gasteiger charge is -2.04. The summed E-state index contributed by atoms with van der Waals surface area (Å²) >= 11 is 1.30. The minimum atomic E-state index is -0.819. The number of thiazole rings is 1. The number of anilines is 2. The van der Waals surface area contributed by atoms with Gasteiger partial charge in [0.2, 0.25) is 0 Å². The number of hydrogen-bond acceptors (Lipinski definition) is 5. The number of carbonyl (C=O) groups is 1. The van der Waals surface area contributed by atoms with Crippen LogP contribution in [0.2, 0.25) is 0 Å². The SMILES string of the molecule is CC(C)c1csc(NC(=O)c2ccnc(N)c2F)n1. The highest BCUT2D eigenvalue weighted by Gasteiger charge is 2.16. The van der Waals surface area contributed by atoms with Gasteiger partial charge in [0, 0.05) is 11.6 Å². The van der Waals surface area contributed by atoms with Gasteiger partial charge in [0.15, 0.2) is 16.8 Å². The quantitative estimate of drug-likeness (QED) is 0.905. The van der Waals surface area contributed by atoms with Crippen LogP contribution in [0.1, 0.15) is 35.8 Å². The van der Waals surface area contributed by atoms with Gasteiger partial charge in [-0.05, 0) is 12.0 Å². The van der Waals surface area contributed by atoms with E-state index >= 15 is 0 Å². The molecule has 5 nitrogen and oxygen atoms in total. The molecule has 0 saturated heterocycles. The smallest absolute Gasteiger partial charge is 0.260 e. The van der Waals surface area contributed by atoms with Crippen molar-refractivity contribution in [1.82, 2.24) is 9.97 Å². The number of nitrogens with one attached hydrogen (secondary N) is 1. The highest BCUT2D eigenvalue weighted by atomic mass is 32.1. The van der Waals surface area contributed by atoms with Gasteiger partial charge in [0.05, 0.1) is 11.3 Å². The molecular formula is C12H13FN4OS. The van der Waals surface area contributed by atoms with Crippen LogP contribution in [0.4, 0.5) is 15.3 Å². The van der Waals surface area contributed by atoms with Crippen LogP contribution in [-0.2, 0) is 0 Å². The summed E-state index contributed by atoms with van der Waals surface area (Å²) in [6, 6.07) is 1.28. The van der Waals surface area contributed by atoms with E-state index in [2.05, 4.69) is 15.3 Å². The Morgan fingerprint density at radius 2 is 2.26 bits per heavy atom. The molecule has 19 heavy (non-hydrogen) atoms. The maximum absolute atomic E-state index is 13.6. The molecule has 0 spiro atoms. The number of halogens is 1. The Hall–Kier alpha value is -2.02. The summed E-state index contributed by atoms with van der Waals surface area (Å²) in [5.74, 6) is -1.43. The van der Waals surface area contributed by atoms with E-state index in [1.807, 2.05) is 19.2 Å². The fourth-order valence-electron chi connectivity index (χ4n) is 1.41. The maximum atomic E-state index is 13.6. The molecule has 0 radical (unpaired) electrons. The summed E-state index contributed by atoms with van der Waals surface area (Å²) in [6.07, 6.45) is 1.29. The second kappa shape index (κ2) is 5.31. The maximum Gasteiger partial charge on any atom is 0.260 e. The average molecular weight is 280 g/mol. The first-order chi connectivity index (χ1) is 8.99. The van der Waals surface area contributed by atoms with Crippen LogP contribution in [0.25, 0.3) is 0 Å². The minimum absolute atomic E-state index is 0.145. The normalized spacial score (nSPS) is 10.7. The highest BCUT2D eigenvalue weighted by Crippen LogP contribution is 2.22. The Morgan fingerprint density at radius 1 is 1.53 bits per heavy atom. The van der Waals surface area contributed by atoms with Crippen LogP contribution in [0.5, 0.6) is 0 Å². The van der Waals surface area contributed by atoms with Crippen molar-refractivity contribution in [2.45, 2.75) is 19.8 Å². The Kier molecular flexibility index (Phi) is 3.75. The molecule has 0 bridgehead atoms. The van der Waals surface area contributed by atoms with E-state index < -0.39 is 11.7 Å². The lowest BCUT2D eigenvalue weighted by atomic mass is 10.2. The molecule has 2 heterocycles.